The molecule has 1 aromatic carbocycles. The molecule has 0 amide bonds. The van der Waals surface area contributed by atoms with Crippen LogP contribution in [0.3, 0.4) is 0 Å². The number of benzene rings is 1. The minimum atomic E-state index is -0.969. The van der Waals surface area contributed by atoms with Crippen molar-refractivity contribution in [2.24, 2.45) is 0 Å². The van der Waals surface area contributed by atoms with E-state index < -0.39 is 24.2 Å². The first-order valence-corrected chi connectivity index (χ1v) is 5.94. The Morgan fingerprint density at radius 3 is 2.45 bits per heavy atom. The Balaban J connectivity index is 1.99. The van der Waals surface area contributed by atoms with Crippen LogP contribution in [-0.4, -0.2) is 29.5 Å². The number of carbonyl (C=O) groups excluding carboxylic acids is 1. The number of aliphatic hydroxyl groups is 2. The van der Waals surface area contributed by atoms with Crippen molar-refractivity contribution in [3.8, 4) is 5.75 Å². The lowest BCUT2D eigenvalue weighted by atomic mass is 10.1. The van der Waals surface area contributed by atoms with Crippen molar-refractivity contribution < 1.29 is 28.9 Å². The Hall–Kier alpha value is -2.50. The summed E-state index contributed by atoms with van der Waals surface area (Å²) >= 11 is 0. The lowest BCUT2D eigenvalue weighted by molar-refractivity contribution is -0.135. The summed E-state index contributed by atoms with van der Waals surface area (Å²) in [7, 11) is 0. The van der Waals surface area contributed by atoms with Gasteiger partial charge in [0, 0.05) is 0 Å². The molecule has 1 aliphatic rings. The molecular formula is C14H13FO5. The summed E-state index contributed by atoms with van der Waals surface area (Å²) in [5.41, 5.74) is 0.875. The van der Waals surface area contributed by atoms with Gasteiger partial charge in [-0.25, -0.2) is 9.18 Å². The Morgan fingerprint density at radius 2 is 1.90 bits per heavy atom. The Morgan fingerprint density at radius 1 is 1.20 bits per heavy atom. The van der Waals surface area contributed by atoms with Gasteiger partial charge in [0.15, 0.2) is 5.76 Å². The van der Waals surface area contributed by atoms with Gasteiger partial charge in [-0.05, 0) is 30.2 Å². The van der Waals surface area contributed by atoms with Crippen LogP contribution in [0.25, 0.3) is 0 Å². The fourth-order valence-electron chi connectivity index (χ4n) is 1.64. The van der Waals surface area contributed by atoms with E-state index in [0.29, 0.717) is 12.2 Å². The van der Waals surface area contributed by atoms with Crippen molar-refractivity contribution in [2.75, 3.05) is 13.3 Å². The number of hydrogen-bond acceptors (Lipinski definition) is 5. The third-order valence-corrected chi connectivity index (χ3v) is 2.65. The topological polar surface area (TPSA) is 76.0 Å². The second-order valence-corrected chi connectivity index (χ2v) is 4.04. The zero-order valence-corrected chi connectivity index (χ0v) is 10.5. The molecule has 20 heavy (non-hydrogen) atoms. The molecule has 0 unspecified atom stereocenters. The van der Waals surface area contributed by atoms with Crippen LogP contribution < -0.4 is 4.74 Å². The Kier molecular flexibility index (Phi) is 4.24. The van der Waals surface area contributed by atoms with Gasteiger partial charge >= 0.3 is 5.97 Å². The number of ether oxygens (including phenoxy) is 2. The number of carbonyl (C=O) groups is 1. The van der Waals surface area contributed by atoms with Crippen molar-refractivity contribution in [3.05, 3.63) is 53.2 Å². The third kappa shape index (κ3) is 3.09. The van der Waals surface area contributed by atoms with E-state index in [4.69, 9.17) is 9.84 Å². The largest absolute Gasteiger partial charge is 0.502 e. The van der Waals surface area contributed by atoms with Crippen molar-refractivity contribution in [3.63, 3.8) is 0 Å². The first-order chi connectivity index (χ1) is 9.61. The Labute approximate surface area is 114 Å². The maximum absolute atomic E-state index is 11.9. The van der Waals surface area contributed by atoms with Crippen LogP contribution in [0.2, 0.25) is 0 Å². The number of halogens is 1. The third-order valence-electron chi connectivity index (χ3n) is 2.65. The summed E-state index contributed by atoms with van der Waals surface area (Å²) in [6.07, 6.45) is 1.87. The highest BCUT2D eigenvalue weighted by atomic mass is 19.1. The summed E-state index contributed by atoms with van der Waals surface area (Å²) in [5, 5.41) is 18.5. The molecule has 106 valence electrons. The molecule has 0 saturated carbocycles. The number of cyclic esters (lactones) is 1. The van der Waals surface area contributed by atoms with E-state index in [2.05, 4.69) is 4.74 Å². The van der Waals surface area contributed by atoms with E-state index in [0.717, 1.165) is 5.56 Å². The number of alkyl halides is 1. The normalized spacial score (nSPS) is 16.6. The van der Waals surface area contributed by atoms with Gasteiger partial charge in [0.1, 0.15) is 19.0 Å². The molecule has 0 bridgehead atoms. The summed E-state index contributed by atoms with van der Waals surface area (Å²) in [6.45, 7) is -0.536. The predicted molar refractivity (Wildman–Crippen MR) is 68.1 cm³/mol. The van der Waals surface area contributed by atoms with Crippen LogP contribution in [0.15, 0.2) is 47.6 Å². The highest BCUT2D eigenvalue weighted by Gasteiger charge is 2.29. The maximum atomic E-state index is 11.9. The van der Waals surface area contributed by atoms with Gasteiger partial charge in [-0.1, -0.05) is 12.1 Å². The molecule has 0 saturated heterocycles. The molecule has 1 aliphatic heterocycles. The van der Waals surface area contributed by atoms with Crippen LogP contribution in [0.4, 0.5) is 4.39 Å². The van der Waals surface area contributed by atoms with Crippen molar-refractivity contribution in [2.45, 2.75) is 6.42 Å². The van der Waals surface area contributed by atoms with Crippen molar-refractivity contribution in [1.29, 1.82) is 0 Å². The minimum Gasteiger partial charge on any atom is -0.502 e. The summed E-state index contributed by atoms with van der Waals surface area (Å²) in [4.78, 5) is 11.0. The van der Waals surface area contributed by atoms with Crippen molar-refractivity contribution in [1.82, 2.24) is 0 Å². The van der Waals surface area contributed by atoms with Gasteiger partial charge in [-0.2, -0.15) is 0 Å². The molecule has 2 rings (SSSR count). The van der Waals surface area contributed by atoms with Crippen LogP contribution in [0.1, 0.15) is 5.56 Å². The summed E-state index contributed by atoms with van der Waals surface area (Å²) < 4.78 is 21.7. The van der Waals surface area contributed by atoms with Gasteiger partial charge in [0.2, 0.25) is 11.5 Å². The molecule has 0 atom stereocenters. The quantitative estimate of drug-likeness (QED) is 0.810. The fourth-order valence-corrected chi connectivity index (χ4v) is 1.64. The van der Waals surface area contributed by atoms with E-state index in [9.17, 15) is 14.3 Å². The molecule has 0 aliphatic carbocycles. The molecule has 0 fully saturated rings. The maximum Gasteiger partial charge on any atom is 0.383 e. The van der Waals surface area contributed by atoms with Gasteiger partial charge in [-0.3, -0.25) is 0 Å². The first-order valence-electron chi connectivity index (χ1n) is 5.94. The van der Waals surface area contributed by atoms with E-state index in [1.165, 1.54) is 6.08 Å². The zero-order chi connectivity index (χ0) is 14.5. The highest BCUT2D eigenvalue weighted by Crippen LogP contribution is 2.23. The second-order valence-electron chi connectivity index (χ2n) is 4.04. The smallest absolute Gasteiger partial charge is 0.383 e. The van der Waals surface area contributed by atoms with E-state index in [1.807, 2.05) is 0 Å². The lowest BCUT2D eigenvalue weighted by Gasteiger charge is -2.04. The summed E-state index contributed by atoms with van der Waals surface area (Å²) in [5.74, 6) is -1.81. The number of hydrogen-bond donors (Lipinski definition) is 2. The predicted octanol–water partition coefficient (Wildman–Crippen LogP) is 2.35. The van der Waals surface area contributed by atoms with Crippen LogP contribution in [-0.2, 0) is 16.0 Å². The zero-order valence-electron chi connectivity index (χ0n) is 10.5. The SMILES string of the molecule is O=C1O/C(=C/Cc2ccc(OCCF)cc2)C(O)=C1O. The number of rotatable bonds is 5. The molecule has 1 heterocycles. The number of allylic oxidation sites excluding steroid dienone is 1. The van der Waals surface area contributed by atoms with Gasteiger partial charge in [0.25, 0.3) is 0 Å². The number of aliphatic hydroxyl groups excluding tert-OH is 2. The average Bonchev–Trinajstić information content (AvgIpc) is 2.71. The lowest BCUT2D eigenvalue weighted by Crippen LogP contribution is -1.98. The molecule has 1 aromatic rings. The molecule has 2 N–H and O–H groups in total. The van der Waals surface area contributed by atoms with Gasteiger partial charge in [0.05, 0.1) is 0 Å². The Bertz CT molecular complexity index is 559. The first kappa shape index (κ1) is 13.9. The van der Waals surface area contributed by atoms with Gasteiger partial charge < -0.3 is 19.7 Å². The van der Waals surface area contributed by atoms with Crippen molar-refractivity contribution >= 4 is 5.97 Å². The van der Waals surface area contributed by atoms with Crippen LogP contribution in [0, 0.1) is 0 Å². The van der Waals surface area contributed by atoms with E-state index >= 15 is 0 Å². The average molecular weight is 280 g/mol. The van der Waals surface area contributed by atoms with Crippen LogP contribution in [0.5, 0.6) is 5.75 Å². The fraction of sp³-hybridized carbons (Fsp3) is 0.214. The molecule has 6 heteroatoms. The standard InChI is InChI=1S/C14H13FO5/c15-7-8-19-10-4-1-9(2-5-10)3-6-11-12(16)13(17)14(18)20-11/h1-2,4-6,16-17H,3,7-8H2/b11-6+. The van der Waals surface area contributed by atoms with E-state index in [-0.39, 0.29) is 12.4 Å². The van der Waals surface area contributed by atoms with Crippen LogP contribution >= 0.6 is 0 Å². The molecule has 0 aromatic heterocycles. The monoisotopic (exact) mass is 280 g/mol. The summed E-state index contributed by atoms with van der Waals surface area (Å²) in [6, 6.07) is 6.92. The van der Waals surface area contributed by atoms with E-state index in [1.54, 1.807) is 24.3 Å². The highest BCUT2D eigenvalue weighted by molar-refractivity contribution is 5.91. The molecular weight excluding hydrogens is 267 g/mol. The number of esters is 1. The second kappa shape index (κ2) is 6.10. The van der Waals surface area contributed by atoms with Gasteiger partial charge in [-0.15, -0.1) is 0 Å². The minimum absolute atomic E-state index is 0.0112. The molecule has 5 nitrogen and oxygen atoms in total. The molecule has 0 radical (unpaired) electrons. The molecule has 0 spiro atoms.